The summed E-state index contributed by atoms with van der Waals surface area (Å²) >= 11 is 1.68. The average Bonchev–Trinajstić information content (AvgIpc) is 3.20. The molecular formula is C18H16N4OS. The number of aryl methyl sites for hydroxylation is 1. The fraction of sp³-hybridized carbons (Fsp3) is 0.222. The van der Waals surface area contributed by atoms with E-state index in [4.69, 9.17) is 0 Å². The Kier molecular flexibility index (Phi) is 3.61. The Labute approximate surface area is 143 Å². The van der Waals surface area contributed by atoms with Crippen LogP contribution in [0.15, 0.2) is 41.5 Å². The molecule has 5 nitrogen and oxygen atoms in total. The molecule has 120 valence electrons. The number of rotatable bonds is 2. The van der Waals surface area contributed by atoms with E-state index in [0.29, 0.717) is 6.67 Å². The molecule has 3 aromatic heterocycles. The smallest absolute Gasteiger partial charge is 0.221 e. The first kappa shape index (κ1) is 15.0. The molecule has 1 aliphatic rings. The maximum Gasteiger partial charge on any atom is 0.221 e. The number of carbonyl (C=O) groups excluding carboxylic acids is 1. The summed E-state index contributed by atoms with van der Waals surface area (Å²) in [6.45, 7) is 3.99. The first-order chi connectivity index (χ1) is 11.6. The second-order valence-electron chi connectivity index (χ2n) is 5.83. The van der Waals surface area contributed by atoms with E-state index in [-0.39, 0.29) is 11.9 Å². The van der Waals surface area contributed by atoms with Gasteiger partial charge in [-0.15, -0.1) is 11.3 Å². The van der Waals surface area contributed by atoms with E-state index in [2.05, 4.69) is 27.1 Å². The Morgan fingerprint density at radius 2 is 2.17 bits per heavy atom. The third-order valence-corrected chi connectivity index (χ3v) is 5.25. The zero-order valence-electron chi connectivity index (χ0n) is 13.4. The fourth-order valence-corrected chi connectivity index (χ4v) is 4.00. The van der Waals surface area contributed by atoms with Gasteiger partial charge >= 0.3 is 0 Å². The van der Waals surface area contributed by atoms with Gasteiger partial charge < -0.3 is 4.90 Å². The zero-order chi connectivity index (χ0) is 16.7. The van der Waals surface area contributed by atoms with Crippen molar-refractivity contribution < 1.29 is 4.79 Å². The number of aromatic nitrogens is 2. The van der Waals surface area contributed by atoms with Gasteiger partial charge in [-0.25, -0.2) is 0 Å². The van der Waals surface area contributed by atoms with Crippen molar-refractivity contribution in [3.8, 4) is 11.4 Å². The van der Waals surface area contributed by atoms with E-state index in [9.17, 15) is 4.79 Å². The molecule has 0 radical (unpaired) electrons. The van der Waals surface area contributed by atoms with Crippen molar-refractivity contribution in [2.75, 3.05) is 6.67 Å². The number of aliphatic imine (C=N–C) groups is 1. The SMILES string of the molecule is CC(=O)N1CN=CC1c1cc2cnc(-c3cccc(C)n3)cc2s1. The molecule has 1 atom stereocenters. The van der Waals surface area contributed by atoms with Crippen molar-refractivity contribution in [2.24, 2.45) is 4.99 Å². The number of amides is 1. The molecule has 1 amide bonds. The van der Waals surface area contributed by atoms with Crippen LogP contribution in [0.25, 0.3) is 21.5 Å². The van der Waals surface area contributed by atoms with Gasteiger partial charge in [0.25, 0.3) is 0 Å². The molecule has 0 spiro atoms. The van der Waals surface area contributed by atoms with Gasteiger partial charge in [-0.3, -0.25) is 19.8 Å². The van der Waals surface area contributed by atoms with Crippen LogP contribution in [0.2, 0.25) is 0 Å². The molecule has 0 bridgehead atoms. The lowest BCUT2D eigenvalue weighted by molar-refractivity contribution is -0.129. The molecule has 0 saturated carbocycles. The summed E-state index contributed by atoms with van der Waals surface area (Å²) in [6.07, 6.45) is 3.72. The monoisotopic (exact) mass is 336 g/mol. The van der Waals surface area contributed by atoms with Crippen LogP contribution < -0.4 is 0 Å². The summed E-state index contributed by atoms with van der Waals surface area (Å²) in [5, 5.41) is 1.08. The Morgan fingerprint density at radius 3 is 2.96 bits per heavy atom. The number of fused-ring (bicyclic) bond motifs is 1. The van der Waals surface area contributed by atoms with Crippen molar-refractivity contribution in [3.63, 3.8) is 0 Å². The number of hydrogen-bond donors (Lipinski definition) is 0. The number of nitrogens with zero attached hydrogens (tertiary/aromatic N) is 4. The van der Waals surface area contributed by atoms with Gasteiger partial charge in [-0.2, -0.15) is 0 Å². The summed E-state index contributed by atoms with van der Waals surface area (Å²) in [5.74, 6) is 0.0396. The molecule has 1 aliphatic heterocycles. The fourth-order valence-electron chi connectivity index (χ4n) is 2.85. The largest absolute Gasteiger partial charge is 0.310 e. The van der Waals surface area contributed by atoms with Gasteiger partial charge in [-0.05, 0) is 31.2 Å². The summed E-state index contributed by atoms with van der Waals surface area (Å²) in [6, 6.07) is 10.0. The number of hydrogen-bond acceptors (Lipinski definition) is 5. The normalized spacial score (nSPS) is 16.9. The van der Waals surface area contributed by atoms with Gasteiger partial charge in [0.1, 0.15) is 12.7 Å². The van der Waals surface area contributed by atoms with E-state index >= 15 is 0 Å². The second-order valence-corrected chi connectivity index (χ2v) is 6.94. The van der Waals surface area contributed by atoms with E-state index in [1.54, 1.807) is 23.2 Å². The van der Waals surface area contributed by atoms with E-state index in [0.717, 1.165) is 32.0 Å². The average molecular weight is 336 g/mol. The molecule has 4 rings (SSSR count). The molecule has 0 fully saturated rings. The first-order valence-corrected chi connectivity index (χ1v) is 8.54. The van der Waals surface area contributed by atoms with Gasteiger partial charge in [0, 0.05) is 40.0 Å². The predicted octanol–water partition coefficient (Wildman–Crippen LogP) is 3.60. The van der Waals surface area contributed by atoms with Crippen LogP contribution in [0, 0.1) is 6.92 Å². The highest BCUT2D eigenvalue weighted by Crippen LogP contribution is 2.34. The van der Waals surface area contributed by atoms with Gasteiger partial charge in [0.05, 0.1) is 11.4 Å². The molecular weight excluding hydrogens is 320 g/mol. The van der Waals surface area contributed by atoms with Crippen LogP contribution in [-0.2, 0) is 4.79 Å². The Balaban J connectivity index is 1.74. The van der Waals surface area contributed by atoms with Crippen molar-refractivity contribution >= 4 is 33.5 Å². The minimum atomic E-state index is -0.0690. The van der Waals surface area contributed by atoms with Crippen LogP contribution in [0.4, 0.5) is 0 Å². The van der Waals surface area contributed by atoms with E-state index in [1.165, 1.54) is 0 Å². The molecule has 3 aromatic rings. The second kappa shape index (κ2) is 5.79. The Hall–Kier alpha value is -2.60. The molecule has 0 aliphatic carbocycles. The lowest BCUT2D eigenvalue weighted by Gasteiger charge is -2.19. The molecule has 0 aromatic carbocycles. The van der Waals surface area contributed by atoms with Crippen molar-refractivity contribution in [1.82, 2.24) is 14.9 Å². The van der Waals surface area contributed by atoms with E-state index in [1.807, 2.05) is 37.5 Å². The van der Waals surface area contributed by atoms with E-state index < -0.39 is 0 Å². The minimum absolute atomic E-state index is 0.0396. The van der Waals surface area contributed by atoms with Crippen molar-refractivity contribution in [2.45, 2.75) is 19.9 Å². The minimum Gasteiger partial charge on any atom is -0.310 e. The summed E-state index contributed by atoms with van der Waals surface area (Å²) in [4.78, 5) is 27.9. The first-order valence-electron chi connectivity index (χ1n) is 7.72. The molecule has 0 saturated heterocycles. The topological polar surface area (TPSA) is 58.5 Å². The lowest BCUT2D eigenvalue weighted by atomic mass is 10.2. The number of pyridine rings is 2. The molecule has 6 heteroatoms. The maximum atomic E-state index is 11.7. The van der Waals surface area contributed by atoms with Crippen LogP contribution in [-0.4, -0.2) is 33.7 Å². The molecule has 24 heavy (non-hydrogen) atoms. The molecule has 4 heterocycles. The highest BCUT2D eigenvalue weighted by molar-refractivity contribution is 7.19. The van der Waals surface area contributed by atoms with Gasteiger partial charge in [0.15, 0.2) is 0 Å². The maximum absolute atomic E-state index is 11.7. The van der Waals surface area contributed by atoms with Crippen molar-refractivity contribution in [3.05, 3.63) is 47.1 Å². The Morgan fingerprint density at radius 1 is 1.29 bits per heavy atom. The third kappa shape index (κ3) is 2.59. The molecule has 0 N–H and O–H groups in total. The van der Waals surface area contributed by atoms with Crippen LogP contribution in [0.5, 0.6) is 0 Å². The highest BCUT2D eigenvalue weighted by Gasteiger charge is 2.26. The van der Waals surface area contributed by atoms with Crippen LogP contribution in [0.3, 0.4) is 0 Å². The van der Waals surface area contributed by atoms with Gasteiger partial charge in [-0.1, -0.05) is 6.07 Å². The van der Waals surface area contributed by atoms with Crippen LogP contribution in [0.1, 0.15) is 23.5 Å². The highest BCUT2D eigenvalue weighted by atomic mass is 32.1. The molecule has 1 unspecified atom stereocenters. The quantitative estimate of drug-likeness (QED) is 0.718. The summed E-state index contributed by atoms with van der Waals surface area (Å²) in [5.41, 5.74) is 2.71. The lowest BCUT2D eigenvalue weighted by Crippen LogP contribution is -2.29. The number of thiophene rings is 1. The summed E-state index contributed by atoms with van der Waals surface area (Å²) in [7, 11) is 0. The predicted molar refractivity (Wildman–Crippen MR) is 96.2 cm³/mol. The zero-order valence-corrected chi connectivity index (χ0v) is 14.2. The standard InChI is InChI=1S/C18H16N4OS/c1-11-4-3-5-14(21-11)15-7-17-13(8-20-15)6-18(24-17)16-9-19-10-22(16)12(2)23/h3-9,16H,10H2,1-2H3. The Bertz CT molecular complexity index is 963. The van der Waals surface area contributed by atoms with Crippen molar-refractivity contribution in [1.29, 1.82) is 0 Å². The van der Waals surface area contributed by atoms with Crippen LogP contribution >= 0.6 is 11.3 Å². The van der Waals surface area contributed by atoms with Gasteiger partial charge in [0.2, 0.25) is 5.91 Å². The number of carbonyl (C=O) groups is 1. The third-order valence-electron chi connectivity index (χ3n) is 4.08. The summed E-state index contributed by atoms with van der Waals surface area (Å²) < 4.78 is 1.14.